The standard InChI is InChI=1S/C7H12N2O3/c1-4(2)6(10)9-3-5(8)7(11)12/h5H,1,3,8H2,2H3,(H,9,10)(H,11,12). The number of hydrogen-bond acceptors (Lipinski definition) is 3. The number of nitrogens with two attached hydrogens (primary N) is 1. The van der Waals surface area contributed by atoms with Gasteiger partial charge in [-0.3, -0.25) is 9.59 Å². The number of rotatable bonds is 4. The van der Waals surface area contributed by atoms with Crippen LogP contribution in [0, 0.1) is 0 Å². The molecule has 68 valence electrons. The number of carbonyl (C=O) groups excluding carboxylic acids is 1. The molecule has 0 aliphatic carbocycles. The largest absolute Gasteiger partial charge is 0.480 e. The van der Waals surface area contributed by atoms with Crippen LogP contribution in [0.25, 0.3) is 0 Å². The molecule has 0 bridgehead atoms. The number of carboxylic acid groups (broad SMARTS) is 1. The molecular weight excluding hydrogens is 160 g/mol. The number of aliphatic carboxylic acids is 1. The molecule has 0 radical (unpaired) electrons. The molecule has 1 atom stereocenters. The van der Waals surface area contributed by atoms with Crippen molar-refractivity contribution >= 4 is 11.9 Å². The molecule has 0 aliphatic heterocycles. The molecular formula is C7H12N2O3. The van der Waals surface area contributed by atoms with Crippen molar-refractivity contribution in [1.82, 2.24) is 5.32 Å². The van der Waals surface area contributed by atoms with Gasteiger partial charge in [0, 0.05) is 12.1 Å². The van der Waals surface area contributed by atoms with Crippen LogP contribution >= 0.6 is 0 Å². The van der Waals surface area contributed by atoms with Crippen molar-refractivity contribution in [2.75, 3.05) is 6.54 Å². The Morgan fingerprint density at radius 3 is 2.50 bits per heavy atom. The number of carboxylic acids is 1. The van der Waals surface area contributed by atoms with Crippen LogP contribution in [0.2, 0.25) is 0 Å². The summed E-state index contributed by atoms with van der Waals surface area (Å²) in [5.41, 5.74) is 5.45. The van der Waals surface area contributed by atoms with E-state index in [1.165, 1.54) is 6.92 Å². The molecule has 0 spiro atoms. The summed E-state index contributed by atoms with van der Waals surface area (Å²) in [6.07, 6.45) is 0. The summed E-state index contributed by atoms with van der Waals surface area (Å²) in [4.78, 5) is 21.0. The number of carbonyl (C=O) groups is 2. The van der Waals surface area contributed by atoms with Crippen LogP contribution < -0.4 is 11.1 Å². The normalized spacial score (nSPS) is 11.8. The van der Waals surface area contributed by atoms with Gasteiger partial charge in [0.25, 0.3) is 0 Å². The smallest absolute Gasteiger partial charge is 0.322 e. The van der Waals surface area contributed by atoms with Gasteiger partial charge in [-0.25, -0.2) is 0 Å². The van der Waals surface area contributed by atoms with Crippen molar-refractivity contribution in [3.05, 3.63) is 12.2 Å². The van der Waals surface area contributed by atoms with E-state index in [0.717, 1.165) is 0 Å². The second-order valence-electron chi connectivity index (χ2n) is 2.44. The van der Waals surface area contributed by atoms with Gasteiger partial charge in [0.2, 0.25) is 5.91 Å². The van der Waals surface area contributed by atoms with Crippen molar-refractivity contribution in [2.45, 2.75) is 13.0 Å². The minimum absolute atomic E-state index is 0.0823. The summed E-state index contributed by atoms with van der Waals surface area (Å²) in [7, 11) is 0. The summed E-state index contributed by atoms with van der Waals surface area (Å²) >= 11 is 0. The molecule has 0 aromatic rings. The quantitative estimate of drug-likeness (QED) is 0.479. The Morgan fingerprint density at radius 1 is 1.67 bits per heavy atom. The molecule has 5 nitrogen and oxygen atoms in total. The first kappa shape index (κ1) is 10.6. The molecule has 0 heterocycles. The second kappa shape index (κ2) is 4.50. The third-order valence-corrected chi connectivity index (χ3v) is 1.19. The van der Waals surface area contributed by atoms with Gasteiger partial charge in [0.15, 0.2) is 0 Å². The summed E-state index contributed by atoms with van der Waals surface area (Å²) in [6.45, 7) is 4.82. The summed E-state index contributed by atoms with van der Waals surface area (Å²) in [5, 5.41) is 10.7. The van der Waals surface area contributed by atoms with E-state index in [1.54, 1.807) is 0 Å². The first-order valence-corrected chi connectivity index (χ1v) is 3.37. The minimum Gasteiger partial charge on any atom is -0.480 e. The molecule has 1 amide bonds. The van der Waals surface area contributed by atoms with E-state index in [2.05, 4.69) is 11.9 Å². The topological polar surface area (TPSA) is 92.4 Å². The van der Waals surface area contributed by atoms with Crippen LogP contribution in [-0.4, -0.2) is 29.6 Å². The zero-order valence-electron chi connectivity index (χ0n) is 6.83. The fourth-order valence-electron chi connectivity index (χ4n) is 0.441. The Kier molecular flexibility index (Phi) is 3.99. The molecule has 0 aromatic heterocycles. The van der Waals surface area contributed by atoms with Crippen molar-refractivity contribution in [1.29, 1.82) is 0 Å². The zero-order valence-corrected chi connectivity index (χ0v) is 6.83. The van der Waals surface area contributed by atoms with Crippen molar-refractivity contribution in [3.8, 4) is 0 Å². The molecule has 0 fully saturated rings. The van der Waals surface area contributed by atoms with Crippen LogP contribution in [0.1, 0.15) is 6.92 Å². The maximum atomic E-state index is 10.8. The fraction of sp³-hybridized carbons (Fsp3) is 0.429. The monoisotopic (exact) mass is 172 g/mol. The highest BCUT2D eigenvalue weighted by Crippen LogP contribution is 1.85. The Balaban J connectivity index is 3.76. The van der Waals surface area contributed by atoms with Crippen LogP contribution in [0.3, 0.4) is 0 Å². The predicted octanol–water partition coefficient (Wildman–Crippen LogP) is -0.909. The maximum absolute atomic E-state index is 10.8. The second-order valence-corrected chi connectivity index (χ2v) is 2.44. The van der Waals surface area contributed by atoms with Gasteiger partial charge in [0.1, 0.15) is 6.04 Å². The highest BCUT2D eigenvalue weighted by atomic mass is 16.4. The van der Waals surface area contributed by atoms with E-state index < -0.39 is 12.0 Å². The van der Waals surface area contributed by atoms with Gasteiger partial charge in [0.05, 0.1) is 0 Å². The third kappa shape index (κ3) is 3.72. The molecule has 0 saturated heterocycles. The lowest BCUT2D eigenvalue weighted by Gasteiger charge is -2.07. The average molecular weight is 172 g/mol. The SMILES string of the molecule is C=C(C)C(=O)NCC(N)C(=O)O. The van der Waals surface area contributed by atoms with E-state index >= 15 is 0 Å². The highest BCUT2D eigenvalue weighted by molar-refractivity contribution is 5.92. The number of hydrogen-bond donors (Lipinski definition) is 3. The van der Waals surface area contributed by atoms with E-state index in [4.69, 9.17) is 10.8 Å². The number of amides is 1. The molecule has 1 unspecified atom stereocenters. The molecule has 0 rings (SSSR count). The van der Waals surface area contributed by atoms with Crippen LogP contribution in [0.4, 0.5) is 0 Å². The lowest BCUT2D eigenvalue weighted by Crippen LogP contribution is -2.42. The summed E-state index contributed by atoms with van der Waals surface area (Å²) in [6, 6.07) is -1.06. The maximum Gasteiger partial charge on any atom is 0.322 e. The first-order valence-electron chi connectivity index (χ1n) is 3.37. The van der Waals surface area contributed by atoms with Crippen molar-refractivity contribution in [3.63, 3.8) is 0 Å². The van der Waals surface area contributed by atoms with Crippen molar-refractivity contribution in [2.24, 2.45) is 5.73 Å². The van der Waals surface area contributed by atoms with Crippen LogP contribution in [0.5, 0.6) is 0 Å². The fourth-order valence-corrected chi connectivity index (χ4v) is 0.441. The Morgan fingerprint density at radius 2 is 2.17 bits per heavy atom. The van der Waals surface area contributed by atoms with E-state index in [-0.39, 0.29) is 12.5 Å². The van der Waals surface area contributed by atoms with Crippen molar-refractivity contribution < 1.29 is 14.7 Å². The predicted molar refractivity (Wildman–Crippen MR) is 43.4 cm³/mol. The van der Waals surface area contributed by atoms with Gasteiger partial charge in [-0.1, -0.05) is 6.58 Å². The minimum atomic E-state index is -1.14. The van der Waals surface area contributed by atoms with Crippen LogP contribution in [-0.2, 0) is 9.59 Å². The molecule has 5 heteroatoms. The lowest BCUT2D eigenvalue weighted by molar-refractivity contribution is -0.138. The van der Waals surface area contributed by atoms with Gasteiger partial charge in [-0.15, -0.1) is 0 Å². The van der Waals surface area contributed by atoms with E-state index in [9.17, 15) is 9.59 Å². The Labute approximate surface area is 70.2 Å². The third-order valence-electron chi connectivity index (χ3n) is 1.19. The lowest BCUT2D eigenvalue weighted by atomic mass is 10.3. The Hall–Kier alpha value is -1.36. The first-order chi connectivity index (χ1) is 5.45. The molecule has 0 saturated carbocycles. The molecule has 0 aliphatic rings. The van der Waals surface area contributed by atoms with Crippen LogP contribution in [0.15, 0.2) is 12.2 Å². The van der Waals surface area contributed by atoms with Gasteiger partial charge < -0.3 is 16.2 Å². The van der Waals surface area contributed by atoms with Gasteiger partial charge >= 0.3 is 5.97 Å². The summed E-state index contributed by atoms with van der Waals surface area (Å²) in [5.74, 6) is -1.52. The zero-order chi connectivity index (χ0) is 9.72. The molecule has 12 heavy (non-hydrogen) atoms. The Bertz CT molecular complexity index is 213. The number of nitrogens with one attached hydrogen (secondary N) is 1. The molecule has 4 N–H and O–H groups in total. The van der Waals surface area contributed by atoms with E-state index in [1.807, 2.05) is 0 Å². The molecule has 0 aromatic carbocycles. The summed E-state index contributed by atoms with van der Waals surface area (Å²) < 4.78 is 0. The average Bonchev–Trinajstić information content (AvgIpc) is 1.98. The highest BCUT2D eigenvalue weighted by Gasteiger charge is 2.12. The van der Waals surface area contributed by atoms with E-state index in [0.29, 0.717) is 5.57 Å². The van der Waals surface area contributed by atoms with Gasteiger partial charge in [-0.05, 0) is 6.92 Å². The van der Waals surface area contributed by atoms with Gasteiger partial charge in [-0.2, -0.15) is 0 Å².